The van der Waals surface area contributed by atoms with Crippen LogP contribution in [0.15, 0.2) is 97.3 Å². The van der Waals surface area contributed by atoms with Crippen molar-refractivity contribution in [2.24, 2.45) is 5.73 Å². The number of carbonyl (C=O) groups excluding carboxylic acids is 2. The van der Waals surface area contributed by atoms with Gasteiger partial charge in [-0.15, -0.1) is 26.3 Å². The van der Waals surface area contributed by atoms with Crippen molar-refractivity contribution in [3.63, 3.8) is 0 Å². The molecule has 58 heavy (non-hydrogen) atoms. The molecule has 10 nitrogen and oxygen atoms in total. The Bertz CT molecular complexity index is 1820. The predicted molar refractivity (Wildman–Crippen MR) is 169 cm³/mol. The zero-order valence-electron chi connectivity index (χ0n) is 27.6. The van der Waals surface area contributed by atoms with E-state index in [1.807, 2.05) is 0 Å². The highest BCUT2D eigenvalue weighted by atomic mass is 20.0. The summed E-state index contributed by atoms with van der Waals surface area (Å²) in [7, 11) is 0. The number of rotatable bonds is 7. The van der Waals surface area contributed by atoms with Gasteiger partial charge in [0.15, 0.2) is 0 Å². The van der Waals surface area contributed by atoms with Crippen LogP contribution >= 0.6 is 0 Å². The molecule has 2 amide bonds. The molecule has 5 aromatic rings. The zero-order valence-corrected chi connectivity index (χ0v) is 27.6. The molecule has 2 aromatic heterocycles. The molecule has 324 valence electrons. The topological polar surface area (TPSA) is 118 Å². The van der Waals surface area contributed by atoms with E-state index in [4.69, 9.17) is 51.5 Å². The van der Waals surface area contributed by atoms with E-state index in [1.165, 1.54) is 57.9 Å². The molecule has 0 atom stereocenters. The lowest BCUT2D eigenvalue weighted by atomic mass is 10.1. The van der Waals surface area contributed by atoms with E-state index in [2.05, 4.69) is 19.7 Å². The van der Waals surface area contributed by atoms with E-state index in [9.17, 15) is 35.9 Å². The Morgan fingerprint density at radius 1 is 0.534 bits per heavy atom. The molecular formula is C31H27F17N6O4. The minimum absolute atomic E-state index is 0. The van der Waals surface area contributed by atoms with Crippen LogP contribution in [-0.4, -0.2) is 49.0 Å². The third-order valence-corrected chi connectivity index (χ3v) is 6.37. The summed E-state index contributed by atoms with van der Waals surface area (Å²) in [6.45, 7) is 0.302. The number of imide groups is 1. The highest BCUT2D eigenvalue weighted by molar-refractivity contribution is 6.21. The first-order valence-corrected chi connectivity index (χ1v) is 14.0. The van der Waals surface area contributed by atoms with Crippen LogP contribution in [0.1, 0.15) is 39.5 Å². The number of amides is 2. The third kappa shape index (κ3) is 17.2. The molecule has 0 saturated heterocycles. The summed E-state index contributed by atoms with van der Waals surface area (Å²) < 4.78 is 163. The van der Waals surface area contributed by atoms with Gasteiger partial charge in [0.05, 0.1) is 40.4 Å². The Hall–Kier alpha value is -6.41. The smallest absolute Gasteiger partial charge is 0.406 e. The van der Waals surface area contributed by atoms with E-state index in [0.29, 0.717) is 40.4 Å². The summed E-state index contributed by atoms with van der Waals surface area (Å²) in [4.78, 5) is 25.9. The molecule has 3 heterocycles. The Labute approximate surface area is 314 Å². The third-order valence-electron chi connectivity index (χ3n) is 6.37. The van der Waals surface area contributed by atoms with Crippen LogP contribution in [0.25, 0.3) is 11.4 Å². The fourth-order valence-corrected chi connectivity index (χ4v) is 4.35. The van der Waals surface area contributed by atoms with Crippen molar-refractivity contribution >= 4 is 11.8 Å². The lowest BCUT2D eigenvalue weighted by Gasteiger charge is -2.12. The largest absolute Gasteiger partial charge is 0.573 e. The lowest BCUT2D eigenvalue weighted by molar-refractivity contribution is -0.275. The molecule has 0 saturated carbocycles. The van der Waals surface area contributed by atoms with Gasteiger partial charge in [0.2, 0.25) is 0 Å². The van der Waals surface area contributed by atoms with Gasteiger partial charge in [-0.3, -0.25) is 19.2 Å². The molecule has 6 rings (SSSR count). The van der Waals surface area contributed by atoms with Crippen molar-refractivity contribution in [2.45, 2.75) is 33.2 Å². The van der Waals surface area contributed by atoms with Crippen LogP contribution in [0.2, 0.25) is 0 Å². The Balaban J connectivity index is -0.000000879. The number of halogens is 17. The lowest BCUT2D eigenvalue weighted by Crippen LogP contribution is -2.29. The summed E-state index contributed by atoms with van der Waals surface area (Å²) >= 11 is 0. The van der Waals surface area contributed by atoms with Crippen molar-refractivity contribution in [1.29, 1.82) is 0 Å². The van der Waals surface area contributed by atoms with Gasteiger partial charge in [0, 0.05) is 64.7 Å². The maximum atomic E-state index is 12.4. The van der Waals surface area contributed by atoms with Gasteiger partial charge >= 0.3 is 12.7 Å². The summed E-state index contributed by atoms with van der Waals surface area (Å²) in [5.41, 5.74) is 8.42. The molecule has 0 bridgehead atoms. The van der Waals surface area contributed by atoms with Crippen LogP contribution < -0.4 is 15.2 Å². The van der Waals surface area contributed by atoms with Gasteiger partial charge in [-0.2, -0.15) is 10.2 Å². The molecule has 1 aliphatic rings. The molecule has 3 aromatic carbocycles. The number of ether oxygens (including phenoxy) is 2. The molecule has 0 radical (unpaired) electrons. The van der Waals surface area contributed by atoms with Crippen molar-refractivity contribution in [3.8, 4) is 22.9 Å². The maximum Gasteiger partial charge on any atom is 0.573 e. The minimum Gasteiger partial charge on any atom is -0.406 e. The highest BCUT2D eigenvalue weighted by Gasteiger charge is 2.35. The second-order valence-electron chi connectivity index (χ2n) is 9.53. The van der Waals surface area contributed by atoms with Crippen LogP contribution in [-0.2, 0) is 13.1 Å². The monoisotopic (exact) mass is 870 g/mol. The normalized spacial score (nSPS) is 10.7. The van der Waals surface area contributed by atoms with Crippen LogP contribution in [0.4, 0.5) is 76.8 Å². The van der Waals surface area contributed by atoms with E-state index in [-0.39, 0.29) is 42.0 Å². The van der Waals surface area contributed by atoms with E-state index in [0.717, 1.165) is 4.90 Å². The molecule has 27 heteroatoms. The number of nitrogens with zero attached hydrogens (tertiary/aromatic N) is 5. The first kappa shape index (κ1) is 55.9. The Morgan fingerprint density at radius 2 is 0.862 bits per heavy atom. The van der Waals surface area contributed by atoms with Gasteiger partial charge in [-0.25, -0.2) is 9.36 Å². The molecule has 0 unspecified atom stereocenters. The van der Waals surface area contributed by atoms with E-state index >= 15 is 0 Å². The Morgan fingerprint density at radius 3 is 1.17 bits per heavy atom. The van der Waals surface area contributed by atoms with E-state index < -0.39 is 12.7 Å². The first-order chi connectivity index (χ1) is 26.8. The van der Waals surface area contributed by atoms with Gasteiger partial charge in [-0.05, 0) is 72.8 Å². The summed E-state index contributed by atoms with van der Waals surface area (Å²) in [5.74, 6) is -1.38. The van der Waals surface area contributed by atoms with Crippen molar-refractivity contribution in [2.75, 3.05) is 0 Å². The first-order valence-electron chi connectivity index (χ1n) is 14.0. The number of benzene rings is 3. The number of hydrogen-bond donors (Lipinski definition) is 1. The van der Waals surface area contributed by atoms with Gasteiger partial charge in [0.1, 0.15) is 11.5 Å². The second kappa shape index (κ2) is 28.1. The molecule has 2 N–H and O–H groups in total. The van der Waals surface area contributed by atoms with Gasteiger partial charge in [-0.1, -0.05) is 19.6 Å². The average Bonchev–Trinajstić information content (AvgIpc) is 3.95. The summed E-state index contributed by atoms with van der Waals surface area (Å²) in [5, 5.41) is 8.42. The van der Waals surface area contributed by atoms with Crippen LogP contribution in [0, 0.1) is 0 Å². The molecule has 0 spiro atoms. The van der Waals surface area contributed by atoms with Crippen LogP contribution in [0.3, 0.4) is 0 Å². The molecule has 1 aliphatic heterocycles. The minimum atomic E-state index is -4.76. The fourth-order valence-electron chi connectivity index (χ4n) is 4.35. The zero-order chi connectivity index (χ0) is 43.1. The average molecular weight is 871 g/mol. The number of nitrogens with two attached hydrogens (primary N) is 1. The Kier molecular flexibility index (Phi) is 27.1. The number of aromatic nitrogens is 4. The number of hydrogen-bond acceptors (Lipinski definition) is 7. The standard InChI is InChI=1S/C19H12F3N3O3.C11H10F3N3O.CH4.5F2.FH/c20-19(21,22)28-14-7-5-13(6-8-14)25-10-9-12(23-25)11-24-17(26)15-3-1-2-4-16(15)18(24)27;12-11(13,14)18-10-3-1-9(2-4-10)17-6-5-8(7-15)16-17;;5*1-2;/h1-10H,11H2;1-6H,7,15H2;1H4;;;;;;1H. The molecule has 0 fully saturated rings. The van der Waals surface area contributed by atoms with Crippen molar-refractivity contribution in [3.05, 3.63) is 120 Å². The second-order valence-corrected chi connectivity index (χ2v) is 9.53. The number of alkyl halides is 6. The molecular weight excluding hydrogens is 843 g/mol. The van der Waals surface area contributed by atoms with Crippen LogP contribution in [0.5, 0.6) is 11.5 Å². The number of carbonyl (C=O) groups is 2. The predicted octanol–water partition coefficient (Wildman–Crippen LogP) is 10.8. The number of fused-ring (bicyclic) bond motifs is 1. The highest BCUT2D eigenvalue weighted by Crippen LogP contribution is 2.26. The summed E-state index contributed by atoms with van der Waals surface area (Å²) in [6, 6.07) is 20.5. The SMILES string of the molecule is C.F.FF.FF.FF.FF.FF.NCc1ccn(-c2ccc(OC(F)(F)F)cc2)n1.O=C1c2ccccc2C(=O)N1Cc1ccn(-c2ccc(OC(F)(F)F)cc2)n1. The molecule has 0 aliphatic carbocycles. The summed E-state index contributed by atoms with van der Waals surface area (Å²) in [6.07, 6.45) is -6.17. The van der Waals surface area contributed by atoms with E-state index in [1.54, 1.807) is 48.8 Å². The quantitative estimate of drug-likeness (QED) is 0.128. The maximum absolute atomic E-state index is 12.4. The van der Waals surface area contributed by atoms with Crippen molar-refractivity contribution < 1.29 is 95.9 Å². The van der Waals surface area contributed by atoms with Gasteiger partial charge in [0.25, 0.3) is 11.8 Å². The van der Waals surface area contributed by atoms with Gasteiger partial charge < -0.3 is 15.2 Å². The fraction of sp³-hybridized carbons (Fsp3) is 0.161. The van der Waals surface area contributed by atoms with Crippen molar-refractivity contribution in [1.82, 2.24) is 24.5 Å².